The van der Waals surface area contributed by atoms with E-state index >= 15 is 0 Å². The zero-order valence-electron chi connectivity index (χ0n) is 28.1. The molecule has 0 saturated heterocycles. The van der Waals surface area contributed by atoms with E-state index in [-0.39, 0.29) is 37.2 Å². The van der Waals surface area contributed by atoms with E-state index in [1.54, 1.807) is 48.5 Å². The number of carbonyl (C=O) groups is 6. The summed E-state index contributed by atoms with van der Waals surface area (Å²) in [4.78, 5) is 78.4. The Morgan fingerprint density at radius 2 is 0.827 bits per heavy atom. The number of carbonyl (C=O) groups excluding carboxylic acids is 2. The van der Waals surface area contributed by atoms with Gasteiger partial charge < -0.3 is 20.4 Å². The Bertz CT molecular complexity index is 1900. The highest BCUT2D eigenvalue weighted by molar-refractivity contribution is 6.00. The lowest BCUT2D eigenvalue weighted by Crippen LogP contribution is -2.37. The third-order valence-corrected chi connectivity index (χ3v) is 10.6. The van der Waals surface area contributed by atoms with Gasteiger partial charge in [-0.1, -0.05) is 78.9 Å². The van der Waals surface area contributed by atoms with Gasteiger partial charge in [-0.2, -0.15) is 0 Å². The largest absolute Gasteiger partial charge is 0.481 e. The second-order valence-electron chi connectivity index (χ2n) is 13.7. The van der Waals surface area contributed by atoms with E-state index in [4.69, 9.17) is 4.98 Å². The molecule has 0 aliphatic heterocycles. The Morgan fingerprint density at radius 3 is 1.19 bits per heavy atom. The molecular weight excluding hydrogens is 666 g/mol. The molecule has 0 radical (unpaired) electrons. The van der Waals surface area contributed by atoms with Crippen LogP contribution >= 0.6 is 0 Å². The Kier molecular flexibility index (Phi) is 10.4. The SMILES string of the molecule is O=C(c1ccc(-c2cc(-c3ccccc3)cc(-c3ccc(C(=O)C4CCC(C(=O)O)C(C(=O)O)C4)cc3)n2)cc1)C1CCC(C(=O)O)C(C(=O)O)C1. The summed E-state index contributed by atoms with van der Waals surface area (Å²) in [7, 11) is 0. The first-order valence-corrected chi connectivity index (χ1v) is 17.2. The van der Waals surface area contributed by atoms with Crippen molar-refractivity contribution < 1.29 is 49.2 Å². The van der Waals surface area contributed by atoms with Gasteiger partial charge in [0.25, 0.3) is 0 Å². The third-order valence-electron chi connectivity index (χ3n) is 10.6. The van der Waals surface area contributed by atoms with Crippen molar-refractivity contribution in [2.75, 3.05) is 0 Å². The quantitative estimate of drug-likeness (QED) is 0.119. The average Bonchev–Trinajstić information content (AvgIpc) is 3.17. The van der Waals surface area contributed by atoms with Crippen molar-refractivity contribution in [1.29, 1.82) is 0 Å². The van der Waals surface area contributed by atoms with Gasteiger partial charge in [-0.15, -0.1) is 0 Å². The Morgan fingerprint density at radius 1 is 0.442 bits per heavy atom. The first-order chi connectivity index (χ1) is 24.9. The summed E-state index contributed by atoms with van der Waals surface area (Å²) in [6.45, 7) is 0. The maximum absolute atomic E-state index is 13.4. The number of pyridine rings is 1. The van der Waals surface area contributed by atoms with E-state index in [9.17, 15) is 49.2 Å². The van der Waals surface area contributed by atoms with Crippen LogP contribution in [-0.4, -0.2) is 60.9 Å². The number of nitrogens with zero attached hydrogens (tertiary/aromatic N) is 1. The molecule has 2 aliphatic rings. The molecule has 4 aromatic rings. The smallest absolute Gasteiger partial charge is 0.307 e. The van der Waals surface area contributed by atoms with E-state index in [0.29, 0.717) is 35.4 Å². The zero-order valence-corrected chi connectivity index (χ0v) is 28.1. The van der Waals surface area contributed by atoms with Crippen LogP contribution in [0.2, 0.25) is 0 Å². The predicted octanol–water partition coefficient (Wildman–Crippen LogP) is 6.85. The summed E-state index contributed by atoms with van der Waals surface area (Å²) in [5.74, 6) is -10.7. The molecule has 1 aromatic heterocycles. The molecular formula is C41H37NO10. The lowest BCUT2D eigenvalue weighted by Gasteiger charge is -2.30. The average molecular weight is 704 g/mol. The monoisotopic (exact) mass is 703 g/mol. The lowest BCUT2D eigenvalue weighted by atomic mass is 9.72. The number of benzene rings is 3. The number of rotatable bonds is 11. The maximum atomic E-state index is 13.4. The summed E-state index contributed by atoms with van der Waals surface area (Å²) in [5.41, 5.74) is 5.33. The molecule has 2 saturated carbocycles. The van der Waals surface area contributed by atoms with Crippen LogP contribution < -0.4 is 0 Å². The van der Waals surface area contributed by atoms with Crippen molar-refractivity contribution in [3.63, 3.8) is 0 Å². The van der Waals surface area contributed by atoms with Gasteiger partial charge in [-0.3, -0.25) is 28.8 Å². The molecule has 2 fully saturated rings. The lowest BCUT2D eigenvalue weighted by molar-refractivity contribution is -0.156. The van der Waals surface area contributed by atoms with Gasteiger partial charge in [0.15, 0.2) is 11.6 Å². The van der Waals surface area contributed by atoms with Gasteiger partial charge in [0.05, 0.1) is 35.1 Å². The van der Waals surface area contributed by atoms with Gasteiger partial charge >= 0.3 is 23.9 Å². The van der Waals surface area contributed by atoms with Gasteiger partial charge in [0, 0.05) is 34.1 Å². The molecule has 11 nitrogen and oxygen atoms in total. The minimum Gasteiger partial charge on any atom is -0.481 e. The minimum atomic E-state index is -1.21. The molecule has 3 aromatic carbocycles. The van der Waals surface area contributed by atoms with Crippen LogP contribution in [0.15, 0.2) is 91.0 Å². The number of aromatic nitrogens is 1. The van der Waals surface area contributed by atoms with Crippen molar-refractivity contribution in [3.05, 3.63) is 102 Å². The van der Waals surface area contributed by atoms with E-state index in [2.05, 4.69) is 0 Å². The first kappa shape index (κ1) is 35.8. The van der Waals surface area contributed by atoms with Crippen LogP contribution in [-0.2, 0) is 19.2 Å². The third kappa shape index (κ3) is 7.53. The van der Waals surface area contributed by atoms with Gasteiger partial charge in [-0.05, 0) is 61.8 Å². The fourth-order valence-corrected chi connectivity index (χ4v) is 7.66. The second kappa shape index (κ2) is 15.1. The van der Waals surface area contributed by atoms with Crippen molar-refractivity contribution in [2.45, 2.75) is 38.5 Å². The number of hydrogen-bond acceptors (Lipinski definition) is 7. The molecule has 4 N–H and O–H groups in total. The maximum Gasteiger partial charge on any atom is 0.307 e. The van der Waals surface area contributed by atoms with Crippen molar-refractivity contribution in [1.82, 2.24) is 4.98 Å². The van der Waals surface area contributed by atoms with E-state index in [1.165, 1.54) is 0 Å². The van der Waals surface area contributed by atoms with E-state index in [1.807, 2.05) is 42.5 Å². The number of aliphatic carboxylic acids is 4. The van der Waals surface area contributed by atoms with Crippen LogP contribution in [0.25, 0.3) is 33.6 Å². The molecule has 6 unspecified atom stereocenters. The molecule has 1 heterocycles. The van der Waals surface area contributed by atoms with Gasteiger partial charge in [0.2, 0.25) is 0 Å². The Labute approximate surface area is 299 Å². The number of carboxylic acid groups (broad SMARTS) is 4. The first-order valence-electron chi connectivity index (χ1n) is 17.2. The van der Waals surface area contributed by atoms with E-state index < -0.39 is 59.4 Å². The van der Waals surface area contributed by atoms with Crippen molar-refractivity contribution >= 4 is 35.4 Å². The highest BCUT2D eigenvalue weighted by atomic mass is 16.4. The summed E-state index contributed by atoms with van der Waals surface area (Å²) < 4.78 is 0. The van der Waals surface area contributed by atoms with Crippen LogP contribution in [0.3, 0.4) is 0 Å². The number of hydrogen-bond donors (Lipinski definition) is 4. The molecule has 11 heteroatoms. The molecule has 266 valence electrons. The topological polar surface area (TPSA) is 196 Å². The minimum absolute atomic E-state index is 0.0317. The number of ketones is 2. The summed E-state index contributed by atoms with van der Waals surface area (Å²) in [6.07, 6.45) is 0.767. The predicted molar refractivity (Wildman–Crippen MR) is 188 cm³/mol. The van der Waals surface area contributed by atoms with Crippen LogP contribution in [0.4, 0.5) is 0 Å². The van der Waals surface area contributed by atoms with Crippen LogP contribution in [0.5, 0.6) is 0 Å². The normalized spacial score (nSPS) is 22.9. The standard InChI is InChI=1S/C41H37NO10/c43-36(27-14-16-30(38(45)46)32(18-27)40(49)50)25-10-6-23(7-11-25)34-20-29(22-4-2-1-3-5-22)21-35(42-34)24-8-12-26(13-9-24)37(44)28-15-17-31(39(47)48)33(19-28)41(51)52/h1-13,20-21,27-28,30-33H,14-19H2,(H,45,46)(H,47,48)(H,49,50)(H,51,52). The summed E-state index contributed by atoms with van der Waals surface area (Å²) in [5, 5.41) is 38.1. The Balaban J connectivity index is 1.25. The fourth-order valence-electron chi connectivity index (χ4n) is 7.66. The fraction of sp³-hybridized carbons (Fsp3) is 0.293. The van der Waals surface area contributed by atoms with E-state index in [0.717, 1.165) is 22.3 Å². The van der Waals surface area contributed by atoms with Gasteiger partial charge in [0.1, 0.15) is 0 Å². The molecule has 0 bridgehead atoms. The highest BCUT2D eigenvalue weighted by Gasteiger charge is 2.42. The Hall–Kier alpha value is -5.97. The second-order valence-corrected chi connectivity index (χ2v) is 13.7. The van der Waals surface area contributed by atoms with Crippen LogP contribution in [0.1, 0.15) is 59.2 Å². The zero-order chi connectivity index (χ0) is 37.1. The highest BCUT2D eigenvalue weighted by Crippen LogP contribution is 2.38. The summed E-state index contributed by atoms with van der Waals surface area (Å²) in [6, 6.07) is 27.4. The van der Waals surface area contributed by atoms with Crippen LogP contribution in [0, 0.1) is 35.5 Å². The van der Waals surface area contributed by atoms with Gasteiger partial charge in [-0.25, -0.2) is 4.98 Å². The number of carboxylic acids is 4. The summed E-state index contributed by atoms with van der Waals surface area (Å²) >= 11 is 0. The number of Topliss-reactive ketones (excluding diaryl/α,β-unsaturated/α-hetero) is 2. The van der Waals surface area contributed by atoms with Crippen molar-refractivity contribution in [2.24, 2.45) is 35.5 Å². The molecule has 2 aliphatic carbocycles. The molecule has 52 heavy (non-hydrogen) atoms. The molecule has 6 atom stereocenters. The molecule has 0 amide bonds. The molecule has 6 rings (SSSR count). The van der Waals surface area contributed by atoms with Crippen molar-refractivity contribution in [3.8, 4) is 33.6 Å². The molecule has 0 spiro atoms.